The number of halogens is 4. The number of likely N-dealkylation sites (tertiary alicyclic amines) is 1. The number of fused-ring (bicyclic) bond motifs is 1. The summed E-state index contributed by atoms with van der Waals surface area (Å²) in [6, 6.07) is -5.50. The van der Waals surface area contributed by atoms with E-state index in [-0.39, 0.29) is 63.3 Å². The van der Waals surface area contributed by atoms with Crippen molar-refractivity contribution >= 4 is 82.5 Å². The van der Waals surface area contributed by atoms with Gasteiger partial charge in [-0.15, -0.1) is 0 Å². The zero-order valence-electron chi connectivity index (χ0n) is 60.0. The molecule has 3 heterocycles. The molecule has 28 heteroatoms. The molecule has 24 nitrogen and oxygen atoms in total. The van der Waals surface area contributed by atoms with Crippen molar-refractivity contribution < 1.29 is 70.7 Å². The maximum absolute atomic E-state index is 15.8. The van der Waals surface area contributed by atoms with E-state index in [9.17, 15) is 41.9 Å². The minimum Gasteiger partial charge on any atom is -0.343 e. The molecule has 3 N–H and O–H groups in total. The second kappa shape index (κ2) is 35.0. The minimum absolute atomic E-state index is 0.0396. The summed E-state index contributed by atoms with van der Waals surface area (Å²) >= 11 is 6.15. The Morgan fingerprint density at radius 3 is 1.84 bits per heavy atom. The Morgan fingerprint density at radius 2 is 1.24 bits per heavy atom. The summed E-state index contributed by atoms with van der Waals surface area (Å²) in [5, 5.41) is 8.16. The maximum Gasteiger partial charge on any atom is 0.417 e. The smallest absolute Gasteiger partial charge is 0.343 e. The van der Waals surface area contributed by atoms with Crippen molar-refractivity contribution in [2.24, 2.45) is 23.7 Å². The third-order valence-corrected chi connectivity index (χ3v) is 22.2. The number of amides is 12. The Bertz CT molecular complexity index is 3100. The van der Waals surface area contributed by atoms with E-state index in [2.05, 4.69) is 16.0 Å². The molecule has 552 valence electrons. The van der Waals surface area contributed by atoms with Crippen LogP contribution in [0.1, 0.15) is 180 Å². The molecule has 99 heavy (non-hydrogen) atoms. The van der Waals surface area contributed by atoms with E-state index in [1.165, 1.54) is 79.9 Å². The molecule has 3 saturated heterocycles. The zero-order chi connectivity index (χ0) is 73.0. The highest BCUT2D eigenvalue weighted by atomic mass is 35.5. The lowest BCUT2D eigenvalue weighted by Crippen LogP contribution is -2.65. The van der Waals surface area contributed by atoms with E-state index in [4.69, 9.17) is 11.6 Å². The number of alkyl halides is 3. The molecule has 3 aliphatic heterocycles. The largest absolute Gasteiger partial charge is 0.417 e. The predicted molar refractivity (Wildman–Crippen MR) is 364 cm³/mol. The highest BCUT2D eigenvalue weighted by Gasteiger charge is 2.51. The fourth-order valence-corrected chi connectivity index (χ4v) is 15.5. The second-order valence-corrected chi connectivity index (χ2v) is 29.9. The van der Waals surface area contributed by atoms with Crippen molar-refractivity contribution in [3.05, 3.63) is 34.3 Å². The van der Waals surface area contributed by atoms with Crippen LogP contribution in [-0.2, 0) is 70.1 Å². The fourth-order valence-electron chi connectivity index (χ4n) is 15.2. The number of piperidine rings is 1. The van der Waals surface area contributed by atoms with Gasteiger partial charge in [-0.2, -0.15) is 13.2 Å². The van der Waals surface area contributed by atoms with E-state index < -0.39 is 173 Å². The first-order valence-electron chi connectivity index (χ1n) is 35.9. The summed E-state index contributed by atoms with van der Waals surface area (Å²) in [6.07, 6.45) is 5.24. The van der Waals surface area contributed by atoms with Crippen molar-refractivity contribution in [1.82, 2.24) is 60.0 Å². The van der Waals surface area contributed by atoms with Crippen molar-refractivity contribution in [1.29, 1.82) is 0 Å². The van der Waals surface area contributed by atoms with Crippen LogP contribution in [0.5, 0.6) is 0 Å². The van der Waals surface area contributed by atoms with Crippen LogP contribution in [0.25, 0.3) is 0 Å². The Labute approximate surface area is 586 Å². The zero-order valence-corrected chi connectivity index (χ0v) is 60.8. The quantitative estimate of drug-likeness (QED) is 0.243. The molecule has 6 fully saturated rings. The molecule has 6 aliphatic rings. The second-order valence-electron chi connectivity index (χ2n) is 29.5. The number of carbonyl (C=O) groups is 12. The van der Waals surface area contributed by atoms with Crippen LogP contribution in [0.4, 0.5) is 13.2 Å². The lowest BCUT2D eigenvalue weighted by atomic mass is 9.80. The third-order valence-electron chi connectivity index (χ3n) is 21.9. The van der Waals surface area contributed by atoms with Crippen molar-refractivity contribution in [2.45, 2.75) is 229 Å². The Hall–Kier alpha value is -7.06. The molecule has 7 rings (SSSR count). The van der Waals surface area contributed by atoms with Crippen LogP contribution >= 0.6 is 11.6 Å². The van der Waals surface area contributed by atoms with E-state index in [0.29, 0.717) is 70.0 Å². The summed E-state index contributed by atoms with van der Waals surface area (Å²) in [7, 11) is 9.98. The molecule has 3 aliphatic carbocycles. The summed E-state index contributed by atoms with van der Waals surface area (Å²) < 4.78 is 41.6. The van der Waals surface area contributed by atoms with Gasteiger partial charge in [0.2, 0.25) is 70.9 Å². The molecular formula is C71H108ClF3N12O12. The third kappa shape index (κ3) is 19.7. The summed E-state index contributed by atoms with van der Waals surface area (Å²) in [4.78, 5) is 190. The molecule has 1 aromatic rings. The molecule has 1 aromatic carbocycles. The van der Waals surface area contributed by atoms with Gasteiger partial charge in [0.25, 0.3) is 0 Å². The predicted octanol–water partition coefficient (Wildman–Crippen LogP) is 5.64. The topological polar surface area (TPSA) is 270 Å². The van der Waals surface area contributed by atoms with Crippen LogP contribution in [-0.4, -0.2) is 251 Å². The van der Waals surface area contributed by atoms with Crippen LogP contribution in [0, 0.1) is 23.7 Å². The van der Waals surface area contributed by atoms with Crippen LogP contribution < -0.4 is 16.0 Å². The Morgan fingerprint density at radius 1 is 0.626 bits per heavy atom. The lowest BCUT2D eigenvalue weighted by molar-refractivity contribution is -0.157. The number of likely N-dealkylation sites (N-methyl/N-ethyl adjacent to an activating group) is 7. The number of rotatable bonds is 11. The van der Waals surface area contributed by atoms with Gasteiger partial charge in [-0.1, -0.05) is 103 Å². The molecule has 0 unspecified atom stereocenters. The van der Waals surface area contributed by atoms with Crippen molar-refractivity contribution in [2.75, 3.05) is 88.6 Å². The lowest BCUT2D eigenvalue weighted by Gasteiger charge is -2.43. The molecular weight excluding hydrogens is 1310 g/mol. The maximum atomic E-state index is 15.8. The van der Waals surface area contributed by atoms with Crippen molar-refractivity contribution in [3.63, 3.8) is 0 Å². The minimum atomic E-state index is -4.76. The van der Waals surface area contributed by atoms with Gasteiger partial charge in [0.1, 0.15) is 47.8 Å². The summed E-state index contributed by atoms with van der Waals surface area (Å²) in [5.41, 5.74) is -2.34. The fraction of sp³-hybridized carbons (Fsp3) is 0.746. The number of hydrogen-bond acceptors (Lipinski definition) is 12. The van der Waals surface area contributed by atoms with Gasteiger partial charge in [0.05, 0.1) is 36.6 Å². The standard InChI is InChI=1S/C71H108ClF3N12O12/c1-12-45(4)60-67(97)81(7)42-58(90)79(5)43-59(91)83(9)54(39-46-23-21-24-46)65(95)80(6)41-56(88)76-51(31-29-47-28-30-49(50(72)38-47)71(73,74)75)64(94)87-36-22-27-52(87)63(93)78-70(32-17-18-33-70)69(99)85(11)61(48-25-15-13-16-26-48)68(98)84(10)55(66(96)86-34-19-14-20-35-86)40-57(89)82(8)53(37-44(2)3)62(92)77-60/h28,30,38,44-46,48,51-55,60-61H,12-27,29,31-37,39-43H2,1-11H3,(H,76,88)(H,77,92)(H,78,93)/t45-,51-,52-,53-,54-,55-,60-,61-/m0/s1. The molecule has 0 aromatic heterocycles. The van der Waals surface area contributed by atoms with Gasteiger partial charge >= 0.3 is 6.18 Å². The number of carbonyl (C=O) groups excluding carboxylic acids is 12. The monoisotopic (exact) mass is 1410 g/mol. The van der Waals surface area contributed by atoms with Gasteiger partial charge in [-0.3, -0.25) is 57.5 Å². The van der Waals surface area contributed by atoms with Crippen molar-refractivity contribution in [3.8, 4) is 0 Å². The first-order valence-corrected chi connectivity index (χ1v) is 36.2. The molecule has 12 amide bonds. The summed E-state index contributed by atoms with van der Waals surface area (Å²) in [6.45, 7) is 6.46. The molecule has 0 bridgehead atoms. The number of nitrogens with one attached hydrogen (secondary N) is 3. The van der Waals surface area contributed by atoms with Crippen LogP contribution in [0.15, 0.2) is 18.2 Å². The van der Waals surface area contributed by atoms with E-state index in [1.54, 1.807) is 11.8 Å². The van der Waals surface area contributed by atoms with E-state index in [1.807, 2.05) is 20.8 Å². The number of nitrogens with zero attached hydrogens (tertiary/aromatic N) is 9. The highest BCUT2D eigenvalue weighted by molar-refractivity contribution is 6.31. The Kier molecular flexibility index (Phi) is 28.0. The number of benzene rings is 1. The van der Waals surface area contributed by atoms with E-state index in [0.717, 1.165) is 71.8 Å². The molecule has 3 saturated carbocycles. The number of hydrogen-bond donors (Lipinski definition) is 3. The van der Waals surface area contributed by atoms with Gasteiger partial charge < -0.3 is 60.0 Å². The van der Waals surface area contributed by atoms with Gasteiger partial charge in [0, 0.05) is 69.0 Å². The SMILES string of the molecule is CC[C@H](C)[C@@H]1NC(=O)[C@H](CC(C)C)N(C)C(=O)C[C@@H](C(=O)N2CCCCC2)N(C)C(=O)[C@H](C2CCCCC2)N(C)C(=O)C2(CCCC2)NC(=O)[C@@H]2CCCN2C(=O)[C@H](CCc2ccc(C(F)(F)F)c(Cl)c2)NC(=O)CN(C)C(=O)[C@H](CC2CCC2)N(C)C(=O)CN(C)C(=O)CN(C)C1=O. The average molecular weight is 1410 g/mol. The van der Waals surface area contributed by atoms with Gasteiger partial charge in [-0.25, -0.2) is 0 Å². The summed E-state index contributed by atoms with van der Waals surface area (Å²) in [5.74, 6) is -8.67. The normalized spacial score (nSPS) is 26.8. The number of aryl methyl sites for hydroxylation is 1. The average Bonchev–Trinajstić information content (AvgIpc) is 1.76. The highest BCUT2D eigenvalue weighted by Crippen LogP contribution is 2.39. The van der Waals surface area contributed by atoms with E-state index >= 15 is 28.8 Å². The first kappa shape index (κ1) is 79.3. The first-order chi connectivity index (χ1) is 46.7. The molecule has 8 atom stereocenters. The van der Waals surface area contributed by atoms with Gasteiger partial charge in [0.15, 0.2) is 0 Å². The Balaban J connectivity index is 1.28. The van der Waals surface area contributed by atoms with Crippen LogP contribution in [0.2, 0.25) is 5.02 Å². The van der Waals surface area contributed by atoms with Gasteiger partial charge in [-0.05, 0) is 125 Å². The molecule has 1 spiro atoms. The molecule has 0 radical (unpaired) electrons. The van der Waals surface area contributed by atoms with Crippen LogP contribution in [0.3, 0.4) is 0 Å².